The summed E-state index contributed by atoms with van der Waals surface area (Å²) in [6, 6.07) is 4.26. The van der Waals surface area contributed by atoms with E-state index in [1.807, 2.05) is 0 Å². The summed E-state index contributed by atoms with van der Waals surface area (Å²) in [7, 11) is 1.78. The van der Waals surface area contributed by atoms with Gasteiger partial charge in [-0.15, -0.1) is 11.3 Å². The van der Waals surface area contributed by atoms with Gasteiger partial charge in [0.25, 0.3) is 0 Å². The Morgan fingerprint density at radius 2 is 1.54 bits per heavy atom. The van der Waals surface area contributed by atoms with Crippen molar-refractivity contribution in [3.05, 3.63) is 44.8 Å². The lowest BCUT2D eigenvalue weighted by molar-refractivity contribution is -0.204. The SMILES string of the molecule is CO/C(=C/Cc1ccc(Br)s1)CC[C@@H]1[C@@H](C/C=C\CCCC(=O)COC2CCCCO2)[C@@H](OC2CCCCO2)C[C@H]1O[C@H]1CCCCO1. The second-order valence-corrected chi connectivity index (χ2v) is 16.1. The topological polar surface area (TPSA) is 81.7 Å². The molecule has 0 amide bonds. The number of methoxy groups -OCH3 is 1. The van der Waals surface area contributed by atoms with Crippen molar-refractivity contribution in [2.75, 3.05) is 33.5 Å². The quantitative estimate of drug-likeness (QED) is 0.0787. The number of carbonyl (C=O) groups excluding carboxylic acids is 1. The molecule has 0 spiro atoms. The second kappa shape index (κ2) is 21.3. The Hall–Kier alpha value is -1.11. The number of ketones is 1. The van der Waals surface area contributed by atoms with E-state index >= 15 is 0 Å². The Bertz CT molecular complexity index is 1120. The van der Waals surface area contributed by atoms with Gasteiger partial charge in [0.1, 0.15) is 6.61 Å². The zero-order valence-corrected chi connectivity index (χ0v) is 31.2. The van der Waals surface area contributed by atoms with Gasteiger partial charge in [-0.25, -0.2) is 0 Å². The molecule has 1 aromatic rings. The average Bonchev–Trinajstić information content (AvgIpc) is 3.68. The predicted molar refractivity (Wildman–Crippen MR) is 191 cm³/mol. The highest BCUT2D eigenvalue weighted by atomic mass is 79.9. The number of carbonyl (C=O) groups is 1. The molecule has 4 fully saturated rings. The molecule has 7 atom stereocenters. The first-order valence-electron chi connectivity index (χ1n) is 18.5. The lowest BCUT2D eigenvalue weighted by atomic mass is 9.86. The Kier molecular flexibility index (Phi) is 16.9. The van der Waals surface area contributed by atoms with Crippen molar-refractivity contribution in [1.82, 2.24) is 0 Å². The molecule has 2 unspecified atom stereocenters. The molecular formula is C38H57BrO8S. The third-order valence-electron chi connectivity index (χ3n) is 10.0. The third kappa shape index (κ3) is 12.9. The molecule has 1 aromatic heterocycles. The van der Waals surface area contributed by atoms with Gasteiger partial charge in [0.15, 0.2) is 24.7 Å². The summed E-state index contributed by atoms with van der Waals surface area (Å²) in [4.78, 5) is 13.7. The molecule has 1 aliphatic carbocycles. The molecule has 5 rings (SSSR count). The molecule has 3 aliphatic heterocycles. The molecule has 4 heterocycles. The highest BCUT2D eigenvalue weighted by Crippen LogP contribution is 2.44. The van der Waals surface area contributed by atoms with Crippen molar-refractivity contribution >= 4 is 33.0 Å². The van der Waals surface area contributed by atoms with Crippen LogP contribution in [0.5, 0.6) is 0 Å². The fourth-order valence-corrected chi connectivity index (χ4v) is 8.80. The largest absolute Gasteiger partial charge is 0.501 e. The van der Waals surface area contributed by atoms with E-state index in [9.17, 15) is 4.79 Å². The molecule has 3 saturated heterocycles. The minimum absolute atomic E-state index is 0.0514. The van der Waals surface area contributed by atoms with E-state index in [0.29, 0.717) is 12.3 Å². The van der Waals surface area contributed by atoms with E-state index in [0.717, 1.165) is 132 Å². The first-order chi connectivity index (χ1) is 23.6. The molecule has 1 saturated carbocycles. The van der Waals surface area contributed by atoms with E-state index in [1.54, 1.807) is 18.4 Å². The molecule has 0 N–H and O–H groups in total. The highest BCUT2D eigenvalue weighted by Gasteiger charge is 2.46. The molecule has 0 aromatic carbocycles. The number of rotatable bonds is 19. The Balaban J connectivity index is 1.19. The Labute approximate surface area is 300 Å². The number of unbranched alkanes of at least 4 members (excludes halogenated alkanes) is 1. The van der Waals surface area contributed by atoms with Gasteiger partial charge in [0.2, 0.25) is 0 Å². The van der Waals surface area contributed by atoms with Crippen LogP contribution in [-0.2, 0) is 44.4 Å². The fraction of sp³-hybridized carbons (Fsp3) is 0.763. The van der Waals surface area contributed by atoms with Crippen molar-refractivity contribution in [3.8, 4) is 0 Å². The first-order valence-corrected chi connectivity index (χ1v) is 20.1. The van der Waals surface area contributed by atoms with Gasteiger partial charge in [0, 0.05) is 50.4 Å². The predicted octanol–water partition coefficient (Wildman–Crippen LogP) is 9.05. The first kappa shape index (κ1) is 38.1. The van der Waals surface area contributed by atoms with E-state index in [2.05, 4.69) is 46.3 Å². The van der Waals surface area contributed by atoms with Gasteiger partial charge in [0.05, 0.1) is 28.9 Å². The molecule has 48 heavy (non-hydrogen) atoms. The minimum atomic E-state index is -0.215. The molecular weight excluding hydrogens is 696 g/mol. The maximum Gasteiger partial charge on any atom is 0.158 e. The minimum Gasteiger partial charge on any atom is -0.501 e. The van der Waals surface area contributed by atoms with Crippen molar-refractivity contribution in [2.24, 2.45) is 11.8 Å². The third-order valence-corrected chi connectivity index (χ3v) is 11.7. The maximum atomic E-state index is 12.4. The van der Waals surface area contributed by atoms with Gasteiger partial charge in [-0.05, 0) is 129 Å². The lowest BCUT2D eigenvalue weighted by Gasteiger charge is -2.31. The van der Waals surface area contributed by atoms with Gasteiger partial charge in [-0.2, -0.15) is 0 Å². The lowest BCUT2D eigenvalue weighted by Crippen LogP contribution is -2.32. The molecule has 0 bridgehead atoms. The van der Waals surface area contributed by atoms with Crippen molar-refractivity contribution in [2.45, 2.75) is 140 Å². The summed E-state index contributed by atoms with van der Waals surface area (Å²) < 4.78 is 43.9. The van der Waals surface area contributed by atoms with E-state index in [1.165, 1.54) is 4.88 Å². The number of thiophene rings is 1. The summed E-state index contributed by atoms with van der Waals surface area (Å²) >= 11 is 5.34. The molecule has 270 valence electrons. The fourth-order valence-electron chi connectivity index (χ4n) is 7.36. The van der Waals surface area contributed by atoms with Crippen molar-refractivity contribution < 1.29 is 38.0 Å². The van der Waals surface area contributed by atoms with Crippen LogP contribution in [0.1, 0.15) is 108 Å². The molecule has 8 nitrogen and oxygen atoms in total. The average molecular weight is 754 g/mol. The van der Waals surface area contributed by atoms with Gasteiger partial charge < -0.3 is 33.2 Å². The van der Waals surface area contributed by atoms with E-state index in [-0.39, 0.29) is 49.4 Å². The summed E-state index contributed by atoms with van der Waals surface area (Å²) in [5, 5.41) is 0. The van der Waals surface area contributed by atoms with Crippen molar-refractivity contribution in [1.29, 1.82) is 0 Å². The second-order valence-electron chi connectivity index (χ2n) is 13.6. The van der Waals surface area contributed by atoms with Crippen LogP contribution < -0.4 is 0 Å². The van der Waals surface area contributed by atoms with Crippen LogP contribution in [0.25, 0.3) is 0 Å². The zero-order chi connectivity index (χ0) is 33.4. The van der Waals surface area contributed by atoms with E-state index < -0.39 is 0 Å². The monoisotopic (exact) mass is 752 g/mol. The molecule has 4 aliphatic rings. The number of halogens is 1. The van der Waals surface area contributed by atoms with Gasteiger partial charge in [-0.1, -0.05) is 12.2 Å². The molecule has 0 radical (unpaired) electrons. The smallest absolute Gasteiger partial charge is 0.158 e. The van der Waals surface area contributed by atoms with E-state index in [4.69, 9.17) is 33.2 Å². The Morgan fingerprint density at radius 1 is 0.875 bits per heavy atom. The summed E-state index contributed by atoms with van der Waals surface area (Å²) in [5.41, 5.74) is 0. The van der Waals surface area contributed by atoms with Gasteiger partial charge in [-0.3, -0.25) is 4.79 Å². The van der Waals surface area contributed by atoms with Crippen LogP contribution in [0.4, 0.5) is 0 Å². The van der Waals surface area contributed by atoms with Crippen LogP contribution in [0.2, 0.25) is 0 Å². The summed E-state index contributed by atoms with van der Waals surface area (Å²) in [5.74, 6) is 1.75. The van der Waals surface area contributed by atoms with Crippen LogP contribution in [0.3, 0.4) is 0 Å². The zero-order valence-electron chi connectivity index (χ0n) is 28.8. The van der Waals surface area contributed by atoms with Crippen LogP contribution in [0, 0.1) is 11.8 Å². The summed E-state index contributed by atoms with van der Waals surface area (Å²) in [6.45, 7) is 2.41. The number of hydrogen-bond donors (Lipinski definition) is 0. The maximum absolute atomic E-state index is 12.4. The molecule has 10 heteroatoms. The summed E-state index contributed by atoms with van der Waals surface area (Å²) in [6.07, 6.45) is 22.4. The highest BCUT2D eigenvalue weighted by molar-refractivity contribution is 9.11. The normalized spacial score (nSPS) is 30.2. The van der Waals surface area contributed by atoms with Crippen LogP contribution in [0.15, 0.2) is 39.9 Å². The number of ether oxygens (including phenoxy) is 7. The Morgan fingerprint density at radius 3 is 2.15 bits per heavy atom. The van der Waals surface area contributed by atoms with Crippen LogP contribution >= 0.6 is 27.3 Å². The number of hydrogen-bond acceptors (Lipinski definition) is 9. The van der Waals surface area contributed by atoms with Crippen LogP contribution in [-0.4, -0.2) is 70.4 Å². The van der Waals surface area contributed by atoms with Gasteiger partial charge >= 0.3 is 0 Å². The van der Waals surface area contributed by atoms with Crippen molar-refractivity contribution in [3.63, 3.8) is 0 Å². The number of Topliss-reactive ketones (excluding diaryl/α,β-unsaturated/α-hetero) is 1. The number of allylic oxidation sites excluding steroid dienone is 4. The standard InChI is InChI=1S/C38H57BrO8S/c1-41-29(17-19-30-20-22-35(39)48-30)18-21-32-31(13-5-3-2-4-12-28(40)27-45-36-14-6-9-23-42-36)33(46-37-15-7-10-24-43-37)26-34(32)47-38-16-8-11-25-44-38/h3,5,17,20,22,31-34,36-38H,2,4,6-16,18-19,21,23-27H2,1H3/b5-3-,29-17+/t31-,32-,33+,34-,36?,37?,38+/m1/s1.